The van der Waals surface area contributed by atoms with Crippen LogP contribution in [0, 0.1) is 5.82 Å². The van der Waals surface area contributed by atoms with Gasteiger partial charge in [0.05, 0.1) is 5.02 Å². The molecule has 126 valence electrons. The van der Waals surface area contributed by atoms with Gasteiger partial charge in [0.15, 0.2) is 0 Å². The van der Waals surface area contributed by atoms with Crippen molar-refractivity contribution in [3.8, 4) is 0 Å². The van der Waals surface area contributed by atoms with Crippen LogP contribution in [0.15, 0.2) is 24.3 Å². The summed E-state index contributed by atoms with van der Waals surface area (Å²) in [5.74, 6) is -0.600. The van der Waals surface area contributed by atoms with Crippen molar-refractivity contribution in [3.63, 3.8) is 0 Å². The number of halogens is 2. The molecule has 1 aromatic carbocycles. The molecule has 1 aliphatic heterocycles. The molecule has 2 rings (SSSR count). The van der Waals surface area contributed by atoms with Crippen molar-refractivity contribution in [2.75, 3.05) is 19.6 Å². The van der Waals surface area contributed by atoms with Gasteiger partial charge in [-0.25, -0.2) is 4.39 Å². The van der Waals surface area contributed by atoms with Crippen LogP contribution < -0.4 is 5.32 Å². The number of piperidine rings is 1. The number of carbonyl (C=O) groups is 1. The molecule has 3 nitrogen and oxygen atoms in total. The monoisotopic (exact) mass is 338 g/mol. The van der Waals surface area contributed by atoms with E-state index in [1.54, 1.807) is 12.1 Å². The third-order valence-electron chi connectivity index (χ3n) is 4.23. The molecule has 1 amide bonds. The molecule has 1 aromatic rings. The Hall–Kier alpha value is -1.39. The molecular formula is C18H24ClFN2O. The first-order valence-electron chi connectivity index (χ1n) is 8.21. The van der Waals surface area contributed by atoms with Gasteiger partial charge in [0, 0.05) is 25.2 Å². The lowest BCUT2D eigenvalue weighted by atomic mass is 10.0. The van der Waals surface area contributed by atoms with E-state index in [1.165, 1.54) is 44.0 Å². The molecule has 1 saturated heterocycles. The summed E-state index contributed by atoms with van der Waals surface area (Å²) in [7, 11) is 0. The maximum Gasteiger partial charge on any atom is 0.243 e. The highest BCUT2D eigenvalue weighted by atomic mass is 35.5. The van der Waals surface area contributed by atoms with E-state index in [0.717, 1.165) is 13.0 Å². The minimum Gasteiger partial charge on any atom is -0.353 e. The van der Waals surface area contributed by atoms with Crippen LogP contribution in [0.3, 0.4) is 0 Å². The first kappa shape index (κ1) is 18.0. The Kier molecular flexibility index (Phi) is 7.06. The predicted octanol–water partition coefficient (Wildman–Crippen LogP) is 3.87. The zero-order valence-corrected chi connectivity index (χ0v) is 14.3. The molecular weight excluding hydrogens is 315 g/mol. The van der Waals surface area contributed by atoms with E-state index >= 15 is 0 Å². The number of nitrogens with zero attached hydrogens (tertiary/aromatic N) is 1. The highest BCUT2D eigenvalue weighted by Crippen LogP contribution is 2.17. The molecule has 0 spiro atoms. The molecule has 0 saturated carbocycles. The van der Waals surface area contributed by atoms with E-state index in [9.17, 15) is 9.18 Å². The molecule has 0 radical (unpaired) electrons. The van der Waals surface area contributed by atoms with E-state index in [4.69, 9.17) is 11.6 Å². The van der Waals surface area contributed by atoms with Gasteiger partial charge in [0.2, 0.25) is 5.91 Å². The van der Waals surface area contributed by atoms with Crippen LogP contribution in [0.2, 0.25) is 5.02 Å². The molecule has 1 atom stereocenters. The molecule has 1 fully saturated rings. The van der Waals surface area contributed by atoms with Gasteiger partial charge in [-0.05, 0) is 56.5 Å². The fourth-order valence-electron chi connectivity index (χ4n) is 2.83. The largest absolute Gasteiger partial charge is 0.353 e. The quantitative estimate of drug-likeness (QED) is 0.630. The van der Waals surface area contributed by atoms with Crippen molar-refractivity contribution in [1.29, 1.82) is 0 Å². The molecule has 0 aliphatic carbocycles. The maximum atomic E-state index is 13.0. The molecule has 0 aromatic heterocycles. The van der Waals surface area contributed by atoms with E-state index < -0.39 is 5.82 Å². The zero-order valence-electron chi connectivity index (χ0n) is 13.5. The van der Waals surface area contributed by atoms with E-state index in [0.29, 0.717) is 18.2 Å². The Balaban J connectivity index is 1.68. The van der Waals surface area contributed by atoms with E-state index in [2.05, 4.69) is 17.1 Å². The van der Waals surface area contributed by atoms with Crippen molar-refractivity contribution in [2.45, 2.75) is 38.6 Å². The average molecular weight is 339 g/mol. The highest BCUT2D eigenvalue weighted by Gasteiger charge is 2.16. The minimum absolute atomic E-state index is 0.0585. The Bertz CT molecular complexity index is 562. The lowest BCUT2D eigenvalue weighted by Crippen LogP contribution is -2.39. The van der Waals surface area contributed by atoms with Gasteiger partial charge in [-0.3, -0.25) is 4.79 Å². The van der Waals surface area contributed by atoms with Crippen molar-refractivity contribution in [2.24, 2.45) is 0 Å². The second-order valence-corrected chi connectivity index (χ2v) is 6.44. The lowest BCUT2D eigenvalue weighted by Gasteiger charge is -2.33. The Labute approximate surface area is 142 Å². The molecule has 0 bridgehead atoms. The standard InChI is InChI=1S/C18H24ClFN2O/c1-14-5-2-3-11-22(14)12-4-10-21-18(23)9-7-15-6-8-17(20)16(19)13-15/h6-9,13-14H,2-5,10-12H2,1H3,(H,21,23)/b9-7+/t14-/m0/s1. The summed E-state index contributed by atoms with van der Waals surface area (Å²) in [6, 6.07) is 5.03. The van der Waals surface area contributed by atoms with E-state index in [1.807, 2.05) is 0 Å². The van der Waals surface area contributed by atoms with Gasteiger partial charge in [0.25, 0.3) is 0 Å². The number of likely N-dealkylation sites (tertiary alicyclic amines) is 1. The highest BCUT2D eigenvalue weighted by molar-refractivity contribution is 6.30. The molecule has 5 heteroatoms. The summed E-state index contributed by atoms with van der Waals surface area (Å²) < 4.78 is 13.0. The number of hydrogen-bond acceptors (Lipinski definition) is 2. The van der Waals surface area contributed by atoms with Crippen LogP contribution in [0.4, 0.5) is 4.39 Å². The second kappa shape index (κ2) is 9.04. The summed E-state index contributed by atoms with van der Waals surface area (Å²) in [4.78, 5) is 14.3. The number of hydrogen-bond donors (Lipinski definition) is 1. The van der Waals surface area contributed by atoms with Gasteiger partial charge >= 0.3 is 0 Å². The van der Waals surface area contributed by atoms with Crippen molar-refractivity contribution in [3.05, 3.63) is 40.7 Å². The number of carbonyl (C=O) groups excluding carboxylic acids is 1. The van der Waals surface area contributed by atoms with Gasteiger partial charge in [-0.15, -0.1) is 0 Å². The summed E-state index contributed by atoms with van der Waals surface area (Å²) in [5.41, 5.74) is 0.702. The Morgan fingerprint density at radius 2 is 2.30 bits per heavy atom. The SMILES string of the molecule is C[C@H]1CCCCN1CCCNC(=O)/C=C/c1ccc(F)c(Cl)c1. The normalized spacial score (nSPS) is 19.2. The summed E-state index contributed by atoms with van der Waals surface area (Å²) >= 11 is 5.70. The summed E-state index contributed by atoms with van der Waals surface area (Å²) in [6.45, 7) is 5.13. The van der Waals surface area contributed by atoms with Crippen molar-refractivity contribution < 1.29 is 9.18 Å². The van der Waals surface area contributed by atoms with Crippen LogP contribution in [0.25, 0.3) is 6.08 Å². The number of nitrogens with one attached hydrogen (secondary N) is 1. The zero-order chi connectivity index (χ0) is 16.7. The van der Waals surface area contributed by atoms with Gasteiger partial charge in [-0.2, -0.15) is 0 Å². The average Bonchev–Trinajstić information content (AvgIpc) is 2.54. The topological polar surface area (TPSA) is 32.3 Å². The van der Waals surface area contributed by atoms with Crippen LogP contribution >= 0.6 is 11.6 Å². The predicted molar refractivity (Wildman–Crippen MR) is 93.0 cm³/mol. The van der Waals surface area contributed by atoms with Crippen LogP contribution in [0.1, 0.15) is 38.2 Å². The van der Waals surface area contributed by atoms with Crippen LogP contribution in [0.5, 0.6) is 0 Å². The number of amides is 1. The van der Waals surface area contributed by atoms with Gasteiger partial charge in [-0.1, -0.05) is 24.1 Å². The van der Waals surface area contributed by atoms with Crippen molar-refractivity contribution >= 4 is 23.6 Å². The smallest absolute Gasteiger partial charge is 0.243 e. The van der Waals surface area contributed by atoms with Crippen LogP contribution in [-0.4, -0.2) is 36.5 Å². The third-order valence-corrected chi connectivity index (χ3v) is 4.52. The fourth-order valence-corrected chi connectivity index (χ4v) is 3.02. The van der Waals surface area contributed by atoms with Crippen LogP contribution in [-0.2, 0) is 4.79 Å². The Morgan fingerprint density at radius 1 is 1.48 bits per heavy atom. The number of rotatable bonds is 6. The maximum absolute atomic E-state index is 13.0. The second-order valence-electron chi connectivity index (χ2n) is 6.03. The molecule has 0 unspecified atom stereocenters. The third kappa shape index (κ3) is 5.96. The molecule has 23 heavy (non-hydrogen) atoms. The molecule has 1 N–H and O–H groups in total. The first-order chi connectivity index (χ1) is 11.1. The van der Waals surface area contributed by atoms with Crippen molar-refractivity contribution in [1.82, 2.24) is 10.2 Å². The molecule has 1 heterocycles. The lowest BCUT2D eigenvalue weighted by molar-refractivity contribution is -0.116. The first-order valence-corrected chi connectivity index (χ1v) is 8.59. The fraction of sp³-hybridized carbons (Fsp3) is 0.500. The number of benzene rings is 1. The molecule has 1 aliphatic rings. The van der Waals surface area contributed by atoms with E-state index in [-0.39, 0.29) is 10.9 Å². The minimum atomic E-state index is -0.458. The van der Waals surface area contributed by atoms with Gasteiger partial charge in [0.1, 0.15) is 5.82 Å². The Morgan fingerprint density at radius 3 is 3.04 bits per heavy atom. The summed E-state index contributed by atoms with van der Waals surface area (Å²) in [5, 5.41) is 2.93. The van der Waals surface area contributed by atoms with Gasteiger partial charge < -0.3 is 10.2 Å². The summed E-state index contributed by atoms with van der Waals surface area (Å²) in [6.07, 6.45) is 7.91.